The van der Waals surface area contributed by atoms with Gasteiger partial charge >= 0.3 is 0 Å². The third kappa shape index (κ3) is 3.20. The number of fused-ring (bicyclic) bond motifs is 1. The van der Waals surface area contributed by atoms with Crippen LogP contribution in [0.1, 0.15) is 44.2 Å². The molecule has 6 heteroatoms. The molecule has 0 bridgehead atoms. The Morgan fingerprint density at radius 3 is 3.00 bits per heavy atom. The van der Waals surface area contributed by atoms with E-state index in [0.29, 0.717) is 11.9 Å². The van der Waals surface area contributed by atoms with Crippen molar-refractivity contribution in [3.63, 3.8) is 0 Å². The molecule has 3 heterocycles. The Balaban J connectivity index is 1.33. The fourth-order valence-electron chi connectivity index (χ4n) is 5.05. The minimum Gasteiger partial charge on any atom is -0.497 e. The Morgan fingerprint density at radius 2 is 2.19 bits per heavy atom. The highest BCUT2D eigenvalue weighted by molar-refractivity contribution is 5.82. The number of likely N-dealkylation sites (tertiary alicyclic amines) is 2. The molecule has 27 heavy (non-hydrogen) atoms. The lowest BCUT2D eigenvalue weighted by Gasteiger charge is -2.48. The van der Waals surface area contributed by atoms with Crippen LogP contribution in [-0.4, -0.2) is 58.7 Å². The van der Waals surface area contributed by atoms with Crippen molar-refractivity contribution >= 4 is 16.8 Å². The van der Waals surface area contributed by atoms with Crippen LogP contribution in [0.3, 0.4) is 0 Å². The Morgan fingerprint density at radius 1 is 1.30 bits per heavy atom. The number of aromatic amines is 1. The summed E-state index contributed by atoms with van der Waals surface area (Å²) in [5.74, 6) is 1.25. The third-order valence-corrected chi connectivity index (χ3v) is 6.65. The molecule has 2 aromatic rings. The second-order valence-electron chi connectivity index (χ2n) is 8.65. The van der Waals surface area contributed by atoms with Gasteiger partial charge in [-0.25, -0.2) is 0 Å². The summed E-state index contributed by atoms with van der Waals surface area (Å²) in [6.07, 6.45) is 6.64. The quantitative estimate of drug-likeness (QED) is 0.901. The standard InChI is InChI=1S/C21H28N4O2/c1-27-16-5-6-18-17(11-16)19(23-22-18)12-24-10-2-8-21(13-24)9-7-20(26)25(14-21)15-3-4-15/h5-6,11,15H,2-4,7-10,12-14H2,1H3,(H,22,23). The molecule has 3 fully saturated rings. The highest BCUT2D eigenvalue weighted by Crippen LogP contribution is 2.42. The zero-order valence-corrected chi connectivity index (χ0v) is 16.0. The van der Waals surface area contributed by atoms with Crippen LogP contribution in [0.5, 0.6) is 5.75 Å². The number of rotatable bonds is 4. The fourth-order valence-corrected chi connectivity index (χ4v) is 5.05. The summed E-state index contributed by atoms with van der Waals surface area (Å²) in [5.41, 5.74) is 2.43. The van der Waals surface area contributed by atoms with E-state index in [1.165, 1.54) is 25.7 Å². The molecule has 1 amide bonds. The molecule has 6 nitrogen and oxygen atoms in total. The highest BCUT2D eigenvalue weighted by atomic mass is 16.5. The number of ether oxygens (including phenoxy) is 1. The van der Waals surface area contributed by atoms with Crippen molar-refractivity contribution in [2.75, 3.05) is 26.7 Å². The first-order valence-corrected chi connectivity index (χ1v) is 10.2. The molecule has 3 aliphatic rings. The van der Waals surface area contributed by atoms with Crippen LogP contribution in [0.4, 0.5) is 0 Å². The van der Waals surface area contributed by atoms with Crippen molar-refractivity contribution in [3.05, 3.63) is 23.9 Å². The molecule has 1 spiro atoms. The second-order valence-corrected chi connectivity index (χ2v) is 8.65. The van der Waals surface area contributed by atoms with Gasteiger partial charge in [-0.1, -0.05) is 0 Å². The van der Waals surface area contributed by atoms with Crippen LogP contribution in [0.2, 0.25) is 0 Å². The molecule has 1 aromatic heterocycles. The van der Waals surface area contributed by atoms with Gasteiger partial charge in [0.2, 0.25) is 5.91 Å². The average molecular weight is 368 g/mol. The minimum atomic E-state index is 0.280. The number of benzene rings is 1. The zero-order valence-electron chi connectivity index (χ0n) is 16.0. The number of nitrogens with zero attached hydrogens (tertiary/aromatic N) is 3. The summed E-state index contributed by atoms with van der Waals surface area (Å²) >= 11 is 0. The first kappa shape index (κ1) is 17.0. The van der Waals surface area contributed by atoms with E-state index >= 15 is 0 Å². The molecule has 1 unspecified atom stereocenters. The molecule has 144 valence electrons. The number of hydrogen-bond acceptors (Lipinski definition) is 4. The van der Waals surface area contributed by atoms with Crippen LogP contribution < -0.4 is 4.74 Å². The number of H-pyrrole nitrogens is 1. The van der Waals surface area contributed by atoms with Crippen LogP contribution in [0, 0.1) is 5.41 Å². The van der Waals surface area contributed by atoms with Crippen molar-refractivity contribution in [1.29, 1.82) is 0 Å². The van der Waals surface area contributed by atoms with E-state index < -0.39 is 0 Å². The smallest absolute Gasteiger partial charge is 0.222 e. The molecule has 1 aliphatic carbocycles. The van der Waals surface area contributed by atoms with Gasteiger partial charge in [0, 0.05) is 42.9 Å². The predicted molar refractivity (Wildman–Crippen MR) is 104 cm³/mol. The molecular formula is C21H28N4O2. The van der Waals surface area contributed by atoms with Gasteiger partial charge in [-0.3, -0.25) is 14.8 Å². The lowest BCUT2D eigenvalue weighted by atomic mass is 9.73. The monoisotopic (exact) mass is 368 g/mol. The van der Waals surface area contributed by atoms with Gasteiger partial charge in [0.15, 0.2) is 0 Å². The largest absolute Gasteiger partial charge is 0.497 e. The summed E-state index contributed by atoms with van der Waals surface area (Å²) in [6.45, 7) is 4.03. The summed E-state index contributed by atoms with van der Waals surface area (Å²) in [4.78, 5) is 17.1. The summed E-state index contributed by atoms with van der Waals surface area (Å²) < 4.78 is 5.38. The van der Waals surface area contributed by atoms with E-state index in [0.717, 1.165) is 61.4 Å². The lowest BCUT2D eigenvalue weighted by Crippen LogP contribution is -2.54. The molecule has 0 radical (unpaired) electrons. The first-order valence-electron chi connectivity index (χ1n) is 10.2. The van der Waals surface area contributed by atoms with E-state index in [4.69, 9.17) is 4.74 Å². The van der Waals surface area contributed by atoms with E-state index in [1.54, 1.807) is 7.11 Å². The number of methoxy groups -OCH3 is 1. The molecule has 2 saturated heterocycles. The van der Waals surface area contributed by atoms with Crippen molar-refractivity contribution in [2.45, 2.75) is 51.1 Å². The molecule has 1 N–H and O–H groups in total. The second kappa shape index (κ2) is 6.51. The number of nitrogens with one attached hydrogen (secondary N) is 1. The molecule has 1 saturated carbocycles. The maximum atomic E-state index is 12.3. The lowest BCUT2D eigenvalue weighted by molar-refractivity contribution is -0.140. The van der Waals surface area contributed by atoms with Crippen molar-refractivity contribution in [1.82, 2.24) is 20.0 Å². The number of hydrogen-bond donors (Lipinski definition) is 1. The first-order chi connectivity index (χ1) is 13.2. The van der Waals surface area contributed by atoms with Crippen molar-refractivity contribution < 1.29 is 9.53 Å². The molecule has 5 rings (SSSR count). The summed E-state index contributed by atoms with van der Waals surface area (Å²) in [7, 11) is 1.70. The minimum absolute atomic E-state index is 0.280. The number of carbonyl (C=O) groups excluding carboxylic acids is 1. The van der Waals surface area contributed by atoms with Gasteiger partial charge in [0.25, 0.3) is 0 Å². The average Bonchev–Trinajstić information content (AvgIpc) is 3.46. The predicted octanol–water partition coefficient (Wildman–Crippen LogP) is 2.94. The van der Waals surface area contributed by atoms with Gasteiger partial charge in [0.1, 0.15) is 5.75 Å². The normalized spacial score (nSPS) is 26.9. The SMILES string of the molecule is COc1ccc2n[nH]c(CN3CCCC4(CCC(=O)N(C5CC5)C4)C3)c2c1. The molecular weight excluding hydrogens is 340 g/mol. The Kier molecular flexibility index (Phi) is 4.11. The van der Waals surface area contributed by atoms with Crippen LogP contribution in [0.15, 0.2) is 18.2 Å². The Bertz CT molecular complexity index is 859. The number of amides is 1. The topological polar surface area (TPSA) is 61.5 Å². The van der Waals surface area contributed by atoms with Crippen molar-refractivity contribution in [2.24, 2.45) is 5.41 Å². The van der Waals surface area contributed by atoms with Gasteiger partial charge in [-0.2, -0.15) is 5.10 Å². The van der Waals surface area contributed by atoms with Crippen LogP contribution in [0.25, 0.3) is 10.9 Å². The van der Waals surface area contributed by atoms with Crippen LogP contribution in [-0.2, 0) is 11.3 Å². The van der Waals surface area contributed by atoms with Gasteiger partial charge in [-0.15, -0.1) is 0 Å². The molecule has 1 atom stereocenters. The van der Waals surface area contributed by atoms with Gasteiger partial charge in [0.05, 0.1) is 18.3 Å². The Hall–Kier alpha value is -2.08. The number of carbonyl (C=O) groups is 1. The summed E-state index contributed by atoms with van der Waals surface area (Å²) in [5, 5.41) is 8.84. The van der Waals surface area contributed by atoms with Gasteiger partial charge in [-0.05, 0) is 56.8 Å². The Labute approximate surface area is 159 Å². The third-order valence-electron chi connectivity index (χ3n) is 6.65. The number of piperidine rings is 2. The van der Waals surface area contributed by atoms with Gasteiger partial charge < -0.3 is 9.64 Å². The molecule has 1 aromatic carbocycles. The molecule has 2 aliphatic heterocycles. The zero-order chi connectivity index (χ0) is 18.4. The van der Waals surface area contributed by atoms with E-state index in [9.17, 15) is 4.79 Å². The van der Waals surface area contributed by atoms with E-state index in [1.807, 2.05) is 12.1 Å². The maximum Gasteiger partial charge on any atom is 0.222 e. The maximum absolute atomic E-state index is 12.3. The highest BCUT2D eigenvalue weighted by Gasteiger charge is 2.45. The van der Waals surface area contributed by atoms with E-state index in [2.05, 4.69) is 26.1 Å². The fraction of sp³-hybridized carbons (Fsp3) is 0.619. The van der Waals surface area contributed by atoms with Crippen LogP contribution >= 0.6 is 0 Å². The van der Waals surface area contributed by atoms with Crippen molar-refractivity contribution in [3.8, 4) is 5.75 Å². The summed E-state index contributed by atoms with van der Waals surface area (Å²) in [6, 6.07) is 6.57. The van der Waals surface area contributed by atoms with E-state index in [-0.39, 0.29) is 5.41 Å². The number of aromatic nitrogens is 2.